The molecule has 0 aliphatic carbocycles. The van der Waals surface area contributed by atoms with Gasteiger partial charge in [-0.2, -0.15) is 0 Å². The van der Waals surface area contributed by atoms with Crippen LogP contribution in [0, 0.1) is 0 Å². The highest BCUT2D eigenvalue weighted by Gasteiger charge is 2.23. The molecule has 0 saturated heterocycles. The SMILES string of the molecule is O=C1Cc2cc(C(Cl)c3ccccc3Cl)c(Cl)cc2N1. The van der Waals surface area contributed by atoms with Crippen LogP contribution in [0.1, 0.15) is 22.1 Å². The Kier molecular flexibility index (Phi) is 3.63. The van der Waals surface area contributed by atoms with Gasteiger partial charge in [0.15, 0.2) is 0 Å². The molecule has 5 heteroatoms. The number of amides is 1. The van der Waals surface area contributed by atoms with Gasteiger partial charge < -0.3 is 5.32 Å². The molecule has 1 amide bonds. The van der Waals surface area contributed by atoms with Crippen molar-refractivity contribution in [1.82, 2.24) is 0 Å². The molecule has 0 fully saturated rings. The third-order valence-corrected chi connectivity index (χ3v) is 4.44. The predicted octanol–water partition coefficient (Wildman–Crippen LogP) is 4.82. The van der Waals surface area contributed by atoms with Crippen LogP contribution in [-0.4, -0.2) is 5.91 Å². The molecule has 0 aromatic heterocycles. The molecule has 102 valence electrons. The second-order valence-corrected chi connectivity index (χ2v) is 5.89. The van der Waals surface area contributed by atoms with E-state index in [1.807, 2.05) is 24.3 Å². The van der Waals surface area contributed by atoms with Crippen LogP contribution in [0.4, 0.5) is 5.69 Å². The first kappa shape index (κ1) is 13.7. The summed E-state index contributed by atoms with van der Waals surface area (Å²) < 4.78 is 0. The minimum Gasteiger partial charge on any atom is -0.325 e. The van der Waals surface area contributed by atoms with Crippen LogP contribution in [0.5, 0.6) is 0 Å². The minimum absolute atomic E-state index is 0.0305. The van der Waals surface area contributed by atoms with Crippen LogP contribution < -0.4 is 5.32 Å². The van der Waals surface area contributed by atoms with Crippen molar-refractivity contribution in [2.75, 3.05) is 5.32 Å². The van der Waals surface area contributed by atoms with Gasteiger partial charge >= 0.3 is 0 Å². The monoisotopic (exact) mass is 325 g/mol. The van der Waals surface area contributed by atoms with E-state index in [0.717, 1.165) is 22.4 Å². The molecule has 2 nitrogen and oxygen atoms in total. The lowest BCUT2D eigenvalue weighted by atomic mass is 10.0. The van der Waals surface area contributed by atoms with Gasteiger partial charge in [-0.15, -0.1) is 11.6 Å². The average molecular weight is 327 g/mol. The lowest BCUT2D eigenvalue weighted by Crippen LogP contribution is -2.03. The summed E-state index contributed by atoms with van der Waals surface area (Å²) in [6.07, 6.45) is 0.353. The van der Waals surface area contributed by atoms with Gasteiger partial charge in [-0.3, -0.25) is 4.79 Å². The van der Waals surface area contributed by atoms with Gasteiger partial charge in [0.2, 0.25) is 5.91 Å². The highest BCUT2D eigenvalue weighted by molar-refractivity contribution is 6.35. The van der Waals surface area contributed by atoms with Gasteiger partial charge in [0.25, 0.3) is 0 Å². The second kappa shape index (κ2) is 5.28. The second-order valence-electron chi connectivity index (χ2n) is 4.64. The quantitative estimate of drug-likeness (QED) is 0.788. The molecular weight excluding hydrogens is 317 g/mol. The fraction of sp³-hybridized carbons (Fsp3) is 0.133. The number of carbonyl (C=O) groups is 1. The maximum Gasteiger partial charge on any atom is 0.228 e. The normalized spacial score (nSPS) is 14.8. The van der Waals surface area contributed by atoms with Crippen LogP contribution >= 0.6 is 34.8 Å². The van der Waals surface area contributed by atoms with E-state index in [4.69, 9.17) is 34.8 Å². The number of fused-ring (bicyclic) bond motifs is 1. The van der Waals surface area contributed by atoms with Crippen molar-refractivity contribution in [1.29, 1.82) is 0 Å². The summed E-state index contributed by atoms with van der Waals surface area (Å²) in [4.78, 5) is 11.4. The third-order valence-electron chi connectivity index (χ3n) is 3.30. The fourth-order valence-corrected chi connectivity index (χ4v) is 3.31. The number of alkyl halides is 1. The lowest BCUT2D eigenvalue weighted by molar-refractivity contribution is -0.115. The third kappa shape index (κ3) is 2.39. The first-order chi connectivity index (χ1) is 9.56. The largest absolute Gasteiger partial charge is 0.325 e. The van der Waals surface area contributed by atoms with E-state index in [0.29, 0.717) is 16.5 Å². The zero-order valence-corrected chi connectivity index (χ0v) is 12.6. The van der Waals surface area contributed by atoms with E-state index in [1.165, 1.54) is 0 Å². The minimum atomic E-state index is -0.447. The molecular formula is C15H10Cl3NO. The smallest absolute Gasteiger partial charge is 0.228 e. The van der Waals surface area contributed by atoms with Crippen LogP contribution in [0.25, 0.3) is 0 Å². The van der Waals surface area contributed by atoms with Gasteiger partial charge in [-0.25, -0.2) is 0 Å². The zero-order chi connectivity index (χ0) is 14.3. The van der Waals surface area contributed by atoms with Gasteiger partial charge in [0.1, 0.15) is 0 Å². The number of rotatable bonds is 2. The molecule has 1 heterocycles. The van der Waals surface area contributed by atoms with E-state index in [9.17, 15) is 4.79 Å². The maximum absolute atomic E-state index is 11.4. The molecule has 20 heavy (non-hydrogen) atoms. The van der Waals surface area contributed by atoms with Gasteiger partial charge in [0, 0.05) is 15.7 Å². The molecule has 1 aliphatic heterocycles. The van der Waals surface area contributed by atoms with Crippen molar-refractivity contribution in [3.05, 3.63) is 63.1 Å². The Morgan fingerprint density at radius 3 is 2.55 bits per heavy atom. The molecule has 0 bridgehead atoms. The van der Waals surface area contributed by atoms with E-state index < -0.39 is 5.38 Å². The number of benzene rings is 2. The molecule has 1 aliphatic rings. The molecule has 0 spiro atoms. The van der Waals surface area contributed by atoms with Crippen LogP contribution in [0.3, 0.4) is 0 Å². The molecule has 0 saturated carbocycles. The van der Waals surface area contributed by atoms with Gasteiger partial charge in [-0.1, -0.05) is 41.4 Å². The van der Waals surface area contributed by atoms with Crippen molar-refractivity contribution < 1.29 is 4.79 Å². The van der Waals surface area contributed by atoms with Crippen LogP contribution in [-0.2, 0) is 11.2 Å². The molecule has 1 atom stereocenters. The first-order valence-electron chi connectivity index (χ1n) is 6.07. The summed E-state index contributed by atoms with van der Waals surface area (Å²) in [6.45, 7) is 0. The summed E-state index contributed by atoms with van der Waals surface area (Å²) >= 11 is 18.9. The summed E-state index contributed by atoms with van der Waals surface area (Å²) in [5.74, 6) is -0.0305. The Labute approximate surface area is 131 Å². The highest BCUT2D eigenvalue weighted by atomic mass is 35.5. The summed E-state index contributed by atoms with van der Waals surface area (Å²) in [7, 11) is 0. The van der Waals surface area contributed by atoms with Crippen molar-refractivity contribution >= 4 is 46.4 Å². The molecule has 2 aromatic rings. The number of hydrogen-bond donors (Lipinski definition) is 1. The average Bonchev–Trinajstić information content (AvgIpc) is 2.76. The van der Waals surface area contributed by atoms with Gasteiger partial charge in [0.05, 0.1) is 11.8 Å². The predicted molar refractivity (Wildman–Crippen MR) is 82.9 cm³/mol. The van der Waals surface area contributed by atoms with Gasteiger partial charge in [-0.05, 0) is 34.9 Å². The number of anilines is 1. The molecule has 1 unspecified atom stereocenters. The van der Waals surface area contributed by atoms with Crippen LogP contribution in [0.2, 0.25) is 10.0 Å². The van der Waals surface area contributed by atoms with E-state index in [-0.39, 0.29) is 5.91 Å². The van der Waals surface area contributed by atoms with Crippen molar-refractivity contribution in [2.45, 2.75) is 11.8 Å². The molecule has 1 N–H and O–H groups in total. The Bertz CT molecular complexity index is 700. The van der Waals surface area contributed by atoms with Crippen molar-refractivity contribution in [2.24, 2.45) is 0 Å². The molecule has 0 radical (unpaired) electrons. The van der Waals surface area contributed by atoms with Crippen molar-refractivity contribution in [3.63, 3.8) is 0 Å². The Hall–Kier alpha value is -1.22. The Morgan fingerprint density at radius 2 is 1.80 bits per heavy atom. The van der Waals surface area contributed by atoms with Crippen LogP contribution in [0.15, 0.2) is 36.4 Å². The van der Waals surface area contributed by atoms with Crippen molar-refractivity contribution in [3.8, 4) is 0 Å². The summed E-state index contributed by atoms with van der Waals surface area (Å²) in [6, 6.07) is 11.0. The van der Waals surface area contributed by atoms with E-state index >= 15 is 0 Å². The lowest BCUT2D eigenvalue weighted by Gasteiger charge is -2.15. The zero-order valence-electron chi connectivity index (χ0n) is 10.3. The molecule has 3 rings (SSSR count). The number of nitrogens with one attached hydrogen (secondary N) is 1. The maximum atomic E-state index is 11.4. The highest BCUT2D eigenvalue weighted by Crippen LogP contribution is 2.40. The summed E-state index contributed by atoms with van der Waals surface area (Å²) in [5, 5.41) is 3.43. The van der Waals surface area contributed by atoms with E-state index in [2.05, 4.69) is 5.32 Å². The molecule has 2 aromatic carbocycles. The number of hydrogen-bond acceptors (Lipinski definition) is 1. The first-order valence-corrected chi connectivity index (χ1v) is 7.26. The summed E-state index contributed by atoms with van der Waals surface area (Å²) in [5.41, 5.74) is 3.23. The Morgan fingerprint density at radius 1 is 1.05 bits per heavy atom. The standard InChI is InChI=1S/C15H10Cl3NO/c16-11-4-2-1-3-9(11)15(18)10-5-8-6-14(20)19-13(8)7-12(10)17/h1-5,7,15H,6H2,(H,19,20). The number of carbonyl (C=O) groups excluding carboxylic acids is 1. The van der Waals surface area contributed by atoms with E-state index in [1.54, 1.807) is 12.1 Å². The number of halogens is 3. The topological polar surface area (TPSA) is 29.1 Å². The Balaban J connectivity index is 2.05. The fourth-order valence-electron chi connectivity index (χ4n) is 2.31.